The van der Waals surface area contributed by atoms with Gasteiger partial charge in [0.1, 0.15) is 17.2 Å². The Hall–Kier alpha value is -2.24. The molecule has 11 nitrogen and oxygen atoms in total. The van der Waals surface area contributed by atoms with Gasteiger partial charge < -0.3 is 19.3 Å². The first-order valence-electron chi connectivity index (χ1n) is 13.0. The van der Waals surface area contributed by atoms with Crippen molar-refractivity contribution in [2.75, 3.05) is 52.4 Å². The van der Waals surface area contributed by atoms with Crippen LogP contribution in [0.4, 0.5) is 0 Å². The maximum atomic E-state index is 13.1. The number of aliphatic carboxylic acids is 1. The van der Waals surface area contributed by atoms with Crippen LogP contribution in [0.15, 0.2) is 0 Å². The highest BCUT2D eigenvalue weighted by Gasteiger charge is 2.32. The zero-order chi connectivity index (χ0) is 28.4. The summed E-state index contributed by atoms with van der Waals surface area (Å²) in [7, 11) is 0. The number of rotatable bonds is 10. The number of carbonyl (C=O) groups is 4. The second-order valence-electron chi connectivity index (χ2n) is 11.7. The Balaban J connectivity index is 3.15. The van der Waals surface area contributed by atoms with E-state index in [1.165, 1.54) is 0 Å². The molecule has 1 unspecified atom stereocenters. The van der Waals surface area contributed by atoms with Gasteiger partial charge in [0, 0.05) is 45.7 Å². The largest absolute Gasteiger partial charge is 0.481 e. The lowest BCUT2D eigenvalue weighted by Crippen LogP contribution is -2.49. The van der Waals surface area contributed by atoms with Crippen molar-refractivity contribution in [1.29, 1.82) is 0 Å². The SMILES string of the molecule is CC(C)OC(=O)CN1CCN(CC(=O)OC(C)(C)C)CCN(C(CCC(=O)O)C(=O)OC(C)(C)C)CC1. The maximum absolute atomic E-state index is 13.1. The standard InChI is InChI=1S/C26H47N3O8/c1-19(2)35-22(32)17-27-11-12-28(18-23(33)36-25(3,4)5)14-16-29(15-13-27)20(9-10-21(30)31)24(34)37-26(6,7)8/h19-20H,9-18H2,1-8H3,(H,30,31). The molecule has 0 aromatic carbocycles. The van der Waals surface area contributed by atoms with Crippen LogP contribution in [0.2, 0.25) is 0 Å². The van der Waals surface area contributed by atoms with Crippen LogP contribution in [0, 0.1) is 0 Å². The van der Waals surface area contributed by atoms with E-state index in [1.54, 1.807) is 55.4 Å². The van der Waals surface area contributed by atoms with Gasteiger partial charge in [-0.1, -0.05) is 0 Å². The number of carbonyl (C=O) groups excluding carboxylic acids is 3. The number of carboxylic acid groups (broad SMARTS) is 1. The van der Waals surface area contributed by atoms with Gasteiger partial charge in [0.15, 0.2) is 0 Å². The molecule has 0 aliphatic carbocycles. The van der Waals surface area contributed by atoms with Crippen LogP contribution in [-0.4, -0.2) is 119 Å². The van der Waals surface area contributed by atoms with Crippen molar-refractivity contribution in [1.82, 2.24) is 14.7 Å². The number of esters is 3. The molecule has 1 aliphatic heterocycles. The zero-order valence-corrected chi connectivity index (χ0v) is 23.9. The van der Waals surface area contributed by atoms with E-state index in [1.807, 2.05) is 14.7 Å². The Morgan fingerprint density at radius 2 is 1.22 bits per heavy atom. The molecule has 0 saturated carbocycles. The summed E-state index contributed by atoms with van der Waals surface area (Å²) in [6.07, 6.45) is -0.337. The third-order valence-electron chi connectivity index (χ3n) is 5.38. The van der Waals surface area contributed by atoms with Gasteiger partial charge in [0.05, 0.1) is 19.2 Å². The van der Waals surface area contributed by atoms with E-state index in [-0.39, 0.29) is 44.0 Å². The monoisotopic (exact) mass is 529 g/mol. The van der Waals surface area contributed by atoms with E-state index in [2.05, 4.69) is 0 Å². The van der Waals surface area contributed by atoms with Gasteiger partial charge in [-0.25, -0.2) is 0 Å². The second-order valence-corrected chi connectivity index (χ2v) is 11.7. The van der Waals surface area contributed by atoms with Gasteiger partial charge in [-0.15, -0.1) is 0 Å². The molecule has 1 N–H and O–H groups in total. The zero-order valence-electron chi connectivity index (χ0n) is 23.9. The van der Waals surface area contributed by atoms with E-state index in [9.17, 15) is 24.3 Å². The van der Waals surface area contributed by atoms with E-state index >= 15 is 0 Å². The van der Waals surface area contributed by atoms with E-state index in [4.69, 9.17) is 14.2 Å². The minimum atomic E-state index is -0.998. The molecule has 0 bridgehead atoms. The quantitative estimate of drug-likeness (QED) is 0.329. The lowest BCUT2D eigenvalue weighted by Gasteiger charge is -2.33. The number of hydrogen-bond acceptors (Lipinski definition) is 10. The molecule has 37 heavy (non-hydrogen) atoms. The summed E-state index contributed by atoms with van der Waals surface area (Å²) in [6, 6.07) is -0.777. The molecule has 1 atom stereocenters. The molecule has 1 rings (SSSR count). The first-order valence-corrected chi connectivity index (χ1v) is 13.0. The summed E-state index contributed by atoms with van der Waals surface area (Å²) in [5.41, 5.74) is -1.35. The lowest BCUT2D eigenvalue weighted by molar-refractivity contribution is -0.163. The van der Waals surface area contributed by atoms with Crippen LogP contribution < -0.4 is 0 Å². The molecular weight excluding hydrogens is 482 g/mol. The van der Waals surface area contributed by atoms with Crippen LogP contribution >= 0.6 is 0 Å². The number of hydrogen-bond donors (Lipinski definition) is 1. The maximum Gasteiger partial charge on any atom is 0.323 e. The van der Waals surface area contributed by atoms with Crippen molar-refractivity contribution in [2.24, 2.45) is 0 Å². The molecule has 214 valence electrons. The predicted octanol–water partition coefficient (Wildman–Crippen LogP) is 1.77. The van der Waals surface area contributed by atoms with Crippen molar-refractivity contribution < 1.29 is 38.5 Å². The highest BCUT2D eigenvalue weighted by molar-refractivity contribution is 5.77. The molecule has 1 heterocycles. The van der Waals surface area contributed by atoms with Crippen molar-refractivity contribution in [3.05, 3.63) is 0 Å². The Morgan fingerprint density at radius 1 is 0.757 bits per heavy atom. The summed E-state index contributed by atoms with van der Waals surface area (Å²) >= 11 is 0. The van der Waals surface area contributed by atoms with Crippen molar-refractivity contribution in [2.45, 2.75) is 91.6 Å². The van der Waals surface area contributed by atoms with Gasteiger partial charge in [-0.05, 0) is 61.8 Å². The van der Waals surface area contributed by atoms with Crippen LogP contribution in [0.1, 0.15) is 68.2 Å². The van der Waals surface area contributed by atoms with Crippen LogP contribution in [0.3, 0.4) is 0 Å². The van der Waals surface area contributed by atoms with Gasteiger partial charge in [-0.3, -0.25) is 33.9 Å². The van der Waals surface area contributed by atoms with Crippen molar-refractivity contribution >= 4 is 23.9 Å². The molecule has 1 aliphatic rings. The third-order valence-corrected chi connectivity index (χ3v) is 5.38. The van der Waals surface area contributed by atoms with Gasteiger partial charge >= 0.3 is 23.9 Å². The van der Waals surface area contributed by atoms with Crippen LogP contribution in [0.25, 0.3) is 0 Å². The summed E-state index contributed by atoms with van der Waals surface area (Å²) in [4.78, 5) is 55.1. The molecule has 0 spiro atoms. The fourth-order valence-corrected chi connectivity index (χ4v) is 3.90. The normalized spacial score (nSPS) is 17.9. The number of carboxylic acids is 1. The number of ether oxygens (including phenoxy) is 3. The van der Waals surface area contributed by atoms with Gasteiger partial charge in [0.2, 0.25) is 0 Å². The molecule has 0 aromatic heterocycles. The minimum absolute atomic E-state index is 0.0572. The predicted molar refractivity (Wildman–Crippen MR) is 138 cm³/mol. The summed E-state index contributed by atoms with van der Waals surface area (Å²) in [5, 5.41) is 9.28. The third kappa shape index (κ3) is 14.9. The average molecular weight is 530 g/mol. The highest BCUT2D eigenvalue weighted by Crippen LogP contribution is 2.17. The molecule has 0 aromatic rings. The average Bonchev–Trinajstić information content (AvgIpc) is 2.77. The number of nitrogens with zero attached hydrogens (tertiary/aromatic N) is 3. The molecule has 0 radical (unpaired) electrons. The first-order chi connectivity index (χ1) is 16.9. The summed E-state index contributed by atoms with van der Waals surface area (Å²) in [6.45, 7) is 17.2. The minimum Gasteiger partial charge on any atom is -0.481 e. The second kappa shape index (κ2) is 14.6. The first kappa shape index (κ1) is 32.8. The summed E-state index contributed by atoms with van der Waals surface area (Å²) < 4.78 is 16.4. The Morgan fingerprint density at radius 3 is 1.65 bits per heavy atom. The van der Waals surface area contributed by atoms with Gasteiger partial charge in [0.25, 0.3) is 0 Å². The van der Waals surface area contributed by atoms with Crippen LogP contribution in [0.5, 0.6) is 0 Å². The molecule has 1 saturated heterocycles. The van der Waals surface area contributed by atoms with Crippen LogP contribution in [-0.2, 0) is 33.4 Å². The Labute approximate surface area is 221 Å². The van der Waals surface area contributed by atoms with E-state index < -0.39 is 29.2 Å². The van der Waals surface area contributed by atoms with Gasteiger partial charge in [-0.2, -0.15) is 0 Å². The topological polar surface area (TPSA) is 126 Å². The Kier molecular flexibility index (Phi) is 13.0. The van der Waals surface area contributed by atoms with E-state index in [0.29, 0.717) is 39.3 Å². The smallest absolute Gasteiger partial charge is 0.323 e. The molecular formula is C26H47N3O8. The van der Waals surface area contributed by atoms with E-state index in [0.717, 1.165) is 0 Å². The molecule has 11 heteroatoms. The fraction of sp³-hybridized carbons (Fsp3) is 0.846. The van der Waals surface area contributed by atoms with Crippen molar-refractivity contribution in [3.8, 4) is 0 Å². The lowest BCUT2D eigenvalue weighted by atomic mass is 10.1. The fourth-order valence-electron chi connectivity index (χ4n) is 3.90. The van der Waals surface area contributed by atoms with Crippen molar-refractivity contribution in [3.63, 3.8) is 0 Å². The summed E-state index contributed by atoms with van der Waals surface area (Å²) in [5.74, 6) is -2.20. The Bertz CT molecular complexity index is 773. The highest BCUT2D eigenvalue weighted by atomic mass is 16.6. The molecule has 0 amide bonds. The molecule has 1 fully saturated rings.